The number of likely N-dealkylation sites (tertiary alicyclic amines) is 1. The maximum atomic E-state index is 13.9. The fourth-order valence-electron chi connectivity index (χ4n) is 5.20. The molecule has 1 fully saturated rings. The van der Waals surface area contributed by atoms with E-state index in [1.807, 2.05) is 97.1 Å². The SMILES string of the molecule is O=C(NC(c1ccccc1)c1ccccc1)[C@@H]1C[C@@H](n2cnnn2)CN1Cc1ccc(-c2cccc(Cl)c2)o1. The van der Waals surface area contributed by atoms with E-state index in [-0.39, 0.29) is 18.0 Å². The molecule has 196 valence electrons. The highest BCUT2D eigenvalue weighted by molar-refractivity contribution is 6.30. The average Bonchev–Trinajstić information content (AvgIpc) is 3.74. The summed E-state index contributed by atoms with van der Waals surface area (Å²) in [5, 5.41) is 15.7. The third kappa shape index (κ3) is 5.62. The molecule has 3 aromatic carbocycles. The Bertz CT molecular complexity index is 1480. The van der Waals surface area contributed by atoms with Gasteiger partial charge in [0.2, 0.25) is 5.91 Å². The Hall–Kier alpha value is -4.27. The Labute approximate surface area is 231 Å². The quantitative estimate of drug-likeness (QED) is 0.288. The third-order valence-electron chi connectivity index (χ3n) is 7.11. The molecule has 5 aromatic rings. The van der Waals surface area contributed by atoms with Crippen LogP contribution in [-0.4, -0.2) is 43.6 Å². The minimum atomic E-state index is -0.395. The summed E-state index contributed by atoms with van der Waals surface area (Å²) < 4.78 is 7.91. The summed E-state index contributed by atoms with van der Waals surface area (Å²) in [6, 6.07) is 30.8. The highest BCUT2D eigenvalue weighted by atomic mass is 35.5. The summed E-state index contributed by atoms with van der Waals surface area (Å²) in [5.74, 6) is 1.45. The van der Waals surface area contributed by atoms with Crippen LogP contribution in [0.3, 0.4) is 0 Å². The Morgan fingerprint density at radius 3 is 2.38 bits per heavy atom. The van der Waals surface area contributed by atoms with Crippen molar-refractivity contribution in [2.45, 2.75) is 31.1 Å². The van der Waals surface area contributed by atoms with E-state index >= 15 is 0 Å². The van der Waals surface area contributed by atoms with Crippen molar-refractivity contribution in [3.8, 4) is 11.3 Å². The molecule has 2 atom stereocenters. The van der Waals surface area contributed by atoms with Crippen LogP contribution in [0.5, 0.6) is 0 Å². The Balaban J connectivity index is 1.26. The van der Waals surface area contributed by atoms with Gasteiger partial charge in [0.05, 0.1) is 24.7 Å². The molecule has 39 heavy (non-hydrogen) atoms. The Kier molecular flexibility index (Phi) is 7.21. The number of hydrogen-bond donors (Lipinski definition) is 1. The molecule has 9 heteroatoms. The van der Waals surface area contributed by atoms with Crippen LogP contribution in [0.15, 0.2) is 108 Å². The predicted molar refractivity (Wildman–Crippen MR) is 148 cm³/mol. The number of nitrogens with zero attached hydrogens (tertiary/aromatic N) is 5. The molecule has 6 rings (SSSR count). The lowest BCUT2D eigenvalue weighted by molar-refractivity contribution is -0.126. The molecule has 1 aliphatic heterocycles. The van der Waals surface area contributed by atoms with Gasteiger partial charge in [0.1, 0.15) is 17.8 Å². The molecule has 0 saturated carbocycles. The second kappa shape index (κ2) is 11.2. The van der Waals surface area contributed by atoms with Gasteiger partial charge in [-0.15, -0.1) is 5.10 Å². The lowest BCUT2D eigenvalue weighted by atomic mass is 9.98. The molecule has 0 spiro atoms. The largest absolute Gasteiger partial charge is 0.460 e. The number of nitrogens with one attached hydrogen (secondary N) is 1. The van der Waals surface area contributed by atoms with Gasteiger partial charge in [-0.25, -0.2) is 4.68 Å². The van der Waals surface area contributed by atoms with Crippen molar-refractivity contribution < 1.29 is 9.21 Å². The van der Waals surface area contributed by atoms with Crippen LogP contribution in [-0.2, 0) is 11.3 Å². The van der Waals surface area contributed by atoms with Crippen LogP contribution in [0, 0.1) is 0 Å². The van der Waals surface area contributed by atoms with Gasteiger partial charge in [-0.2, -0.15) is 0 Å². The van der Waals surface area contributed by atoms with Gasteiger partial charge in [-0.05, 0) is 52.2 Å². The van der Waals surface area contributed by atoms with Gasteiger partial charge in [0.25, 0.3) is 0 Å². The van der Waals surface area contributed by atoms with Crippen molar-refractivity contribution in [1.82, 2.24) is 30.4 Å². The number of carbonyl (C=O) groups is 1. The van der Waals surface area contributed by atoms with Crippen LogP contribution >= 0.6 is 11.6 Å². The molecule has 8 nitrogen and oxygen atoms in total. The third-order valence-corrected chi connectivity index (χ3v) is 7.34. The summed E-state index contributed by atoms with van der Waals surface area (Å²) >= 11 is 6.18. The van der Waals surface area contributed by atoms with Gasteiger partial charge in [-0.1, -0.05) is 84.4 Å². The molecule has 2 aromatic heterocycles. The van der Waals surface area contributed by atoms with Crippen molar-refractivity contribution >= 4 is 17.5 Å². The van der Waals surface area contributed by atoms with E-state index in [0.29, 0.717) is 24.5 Å². The lowest BCUT2D eigenvalue weighted by Crippen LogP contribution is -2.44. The molecule has 1 saturated heterocycles. The first-order valence-corrected chi connectivity index (χ1v) is 13.2. The van der Waals surface area contributed by atoms with E-state index in [1.54, 1.807) is 11.0 Å². The normalized spacial score (nSPS) is 17.5. The van der Waals surface area contributed by atoms with Gasteiger partial charge in [0, 0.05) is 17.1 Å². The standard InChI is InChI=1S/C30H27ClN6O2/c31-24-13-7-12-23(16-24)28-15-14-26(39-28)19-36-18-25(37-20-32-34-35-37)17-27(36)30(38)33-29(21-8-3-1-4-9-21)22-10-5-2-6-11-22/h1-16,20,25,27,29H,17-19H2,(H,33,38)/t25-,27+/m1/s1. The van der Waals surface area contributed by atoms with Crippen LogP contribution in [0.4, 0.5) is 0 Å². The summed E-state index contributed by atoms with van der Waals surface area (Å²) in [6.45, 7) is 1.08. The molecule has 1 aliphatic rings. The smallest absolute Gasteiger partial charge is 0.238 e. The first kappa shape index (κ1) is 25.0. The van der Waals surface area contributed by atoms with Gasteiger partial charge in [0.15, 0.2) is 0 Å². The molecule has 1 amide bonds. The molecular weight excluding hydrogens is 512 g/mol. The van der Waals surface area contributed by atoms with Gasteiger partial charge < -0.3 is 9.73 Å². The van der Waals surface area contributed by atoms with E-state index in [2.05, 4.69) is 25.7 Å². The molecule has 0 bridgehead atoms. The fraction of sp³-hybridized carbons (Fsp3) is 0.200. The van der Waals surface area contributed by atoms with Crippen molar-refractivity contribution in [3.05, 3.63) is 125 Å². The first-order chi connectivity index (χ1) is 19.1. The number of tetrazole rings is 1. The Morgan fingerprint density at radius 2 is 1.72 bits per heavy atom. The number of furan rings is 1. The van der Waals surface area contributed by atoms with E-state index < -0.39 is 6.04 Å². The Morgan fingerprint density at radius 1 is 0.974 bits per heavy atom. The van der Waals surface area contributed by atoms with Crippen molar-refractivity contribution in [2.24, 2.45) is 0 Å². The summed E-state index contributed by atoms with van der Waals surface area (Å²) in [7, 11) is 0. The molecule has 3 heterocycles. The molecule has 1 N–H and O–H groups in total. The second-order valence-electron chi connectivity index (χ2n) is 9.66. The van der Waals surface area contributed by atoms with Gasteiger partial charge >= 0.3 is 0 Å². The minimum absolute atomic E-state index is 0.0370. The molecule has 0 unspecified atom stereocenters. The maximum absolute atomic E-state index is 13.9. The second-order valence-corrected chi connectivity index (χ2v) is 10.1. The lowest BCUT2D eigenvalue weighted by Gasteiger charge is -2.26. The zero-order chi connectivity index (χ0) is 26.6. The topological polar surface area (TPSA) is 89.1 Å². The van der Waals surface area contributed by atoms with Crippen LogP contribution in [0.2, 0.25) is 5.02 Å². The monoisotopic (exact) mass is 538 g/mol. The number of aromatic nitrogens is 4. The summed E-state index contributed by atoms with van der Waals surface area (Å²) in [5.41, 5.74) is 2.95. The van der Waals surface area contributed by atoms with Crippen molar-refractivity contribution in [3.63, 3.8) is 0 Å². The zero-order valence-corrected chi connectivity index (χ0v) is 21.9. The number of carbonyl (C=O) groups excluding carboxylic acids is 1. The average molecular weight is 539 g/mol. The number of rotatable bonds is 8. The van der Waals surface area contributed by atoms with Crippen molar-refractivity contribution in [2.75, 3.05) is 6.54 Å². The van der Waals surface area contributed by atoms with Crippen LogP contribution in [0.1, 0.15) is 35.4 Å². The first-order valence-electron chi connectivity index (χ1n) is 12.9. The molecule has 0 radical (unpaired) electrons. The highest BCUT2D eigenvalue weighted by Gasteiger charge is 2.39. The predicted octanol–water partition coefficient (Wildman–Crippen LogP) is 5.31. The summed E-state index contributed by atoms with van der Waals surface area (Å²) in [6.07, 6.45) is 2.18. The number of amides is 1. The van der Waals surface area contributed by atoms with Crippen LogP contribution in [0.25, 0.3) is 11.3 Å². The zero-order valence-electron chi connectivity index (χ0n) is 21.1. The number of benzene rings is 3. The van der Waals surface area contributed by atoms with Crippen molar-refractivity contribution in [1.29, 1.82) is 0 Å². The number of hydrogen-bond acceptors (Lipinski definition) is 6. The van der Waals surface area contributed by atoms with E-state index in [9.17, 15) is 4.79 Å². The van der Waals surface area contributed by atoms with Crippen LogP contribution < -0.4 is 5.32 Å². The fourth-order valence-corrected chi connectivity index (χ4v) is 5.39. The summed E-state index contributed by atoms with van der Waals surface area (Å²) in [4.78, 5) is 16.1. The van der Waals surface area contributed by atoms with E-state index in [0.717, 1.165) is 28.2 Å². The van der Waals surface area contributed by atoms with E-state index in [4.69, 9.17) is 16.0 Å². The molecule has 0 aliphatic carbocycles. The van der Waals surface area contributed by atoms with Gasteiger partial charge in [-0.3, -0.25) is 9.69 Å². The van der Waals surface area contributed by atoms with E-state index in [1.165, 1.54) is 0 Å². The maximum Gasteiger partial charge on any atom is 0.238 e. The molecular formula is C30H27ClN6O2. The minimum Gasteiger partial charge on any atom is -0.460 e. The highest BCUT2D eigenvalue weighted by Crippen LogP contribution is 2.32. The number of halogens is 1.